The van der Waals surface area contributed by atoms with Crippen molar-refractivity contribution in [2.45, 2.75) is 46.6 Å². The van der Waals surface area contributed by atoms with E-state index in [1.165, 1.54) is 0 Å². The number of Topliss-reactive ketones (excluding diaryl/α,β-unsaturated/α-hetero) is 1. The molecule has 0 aliphatic heterocycles. The molecule has 1 aromatic rings. The van der Waals surface area contributed by atoms with Crippen molar-refractivity contribution in [1.82, 2.24) is 9.55 Å². The lowest BCUT2D eigenvalue weighted by molar-refractivity contribution is -0.117. The Labute approximate surface area is 95.3 Å². The minimum Gasteiger partial charge on any atom is -0.300 e. The third-order valence-corrected chi connectivity index (χ3v) is 2.51. The molecule has 16 heavy (non-hydrogen) atoms. The van der Waals surface area contributed by atoms with Crippen LogP contribution in [-0.2, 0) is 11.3 Å². The number of ketones is 1. The van der Waals surface area contributed by atoms with Crippen LogP contribution < -0.4 is 5.69 Å². The van der Waals surface area contributed by atoms with Gasteiger partial charge in [-0.15, -0.1) is 0 Å². The Balaban J connectivity index is 2.61. The average Bonchev–Trinajstić information content (AvgIpc) is 2.14. The van der Waals surface area contributed by atoms with Crippen molar-refractivity contribution in [2.24, 2.45) is 0 Å². The molecular weight excluding hydrogens is 204 g/mol. The van der Waals surface area contributed by atoms with Gasteiger partial charge in [-0.1, -0.05) is 0 Å². The molecule has 1 heterocycles. The molecule has 0 radical (unpaired) electrons. The van der Waals surface area contributed by atoms with Gasteiger partial charge in [0.05, 0.1) is 0 Å². The summed E-state index contributed by atoms with van der Waals surface area (Å²) in [6.45, 7) is 5.95. The molecule has 1 aromatic heterocycles. The molecule has 0 aliphatic rings. The summed E-state index contributed by atoms with van der Waals surface area (Å²) in [5.74, 6) is 0.200. The van der Waals surface area contributed by atoms with Crippen LogP contribution in [0.25, 0.3) is 0 Å². The first-order chi connectivity index (χ1) is 7.50. The lowest BCUT2D eigenvalue weighted by atomic mass is 10.2. The third-order valence-electron chi connectivity index (χ3n) is 2.51. The summed E-state index contributed by atoms with van der Waals surface area (Å²) in [6, 6.07) is 1.90. The average molecular weight is 222 g/mol. The van der Waals surface area contributed by atoms with E-state index >= 15 is 0 Å². The van der Waals surface area contributed by atoms with Crippen LogP contribution in [-0.4, -0.2) is 15.3 Å². The summed E-state index contributed by atoms with van der Waals surface area (Å²) in [5.41, 5.74) is 1.49. The minimum atomic E-state index is -0.194. The molecule has 0 aliphatic carbocycles. The van der Waals surface area contributed by atoms with Crippen molar-refractivity contribution in [1.29, 1.82) is 0 Å². The number of aryl methyl sites for hydroxylation is 2. The topological polar surface area (TPSA) is 52.0 Å². The quantitative estimate of drug-likeness (QED) is 0.711. The van der Waals surface area contributed by atoms with Crippen molar-refractivity contribution in [3.63, 3.8) is 0 Å². The van der Waals surface area contributed by atoms with Crippen LogP contribution in [0.15, 0.2) is 10.9 Å². The Morgan fingerprint density at radius 1 is 1.38 bits per heavy atom. The zero-order valence-electron chi connectivity index (χ0n) is 10.1. The lowest BCUT2D eigenvalue weighted by Crippen LogP contribution is -2.25. The van der Waals surface area contributed by atoms with Crippen LogP contribution in [0.5, 0.6) is 0 Å². The number of nitrogens with zero attached hydrogens (tertiary/aromatic N) is 2. The predicted octanol–water partition coefficient (Wildman–Crippen LogP) is 1.62. The number of hydrogen-bond acceptors (Lipinski definition) is 3. The van der Waals surface area contributed by atoms with Crippen molar-refractivity contribution in [3.05, 3.63) is 27.9 Å². The van der Waals surface area contributed by atoms with Gasteiger partial charge >= 0.3 is 5.69 Å². The van der Waals surface area contributed by atoms with E-state index in [4.69, 9.17) is 0 Å². The fourth-order valence-corrected chi connectivity index (χ4v) is 1.69. The van der Waals surface area contributed by atoms with Gasteiger partial charge < -0.3 is 4.79 Å². The molecule has 1 rings (SSSR count). The van der Waals surface area contributed by atoms with E-state index in [-0.39, 0.29) is 11.5 Å². The van der Waals surface area contributed by atoms with Gasteiger partial charge in [-0.25, -0.2) is 4.79 Å². The van der Waals surface area contributed by atoms with E-state index in [9.17, 15) is 9.59 Å². The molecule has 88 valence electrons. The van der Waals surface area contributed by atoms with Crippen molar-refractivity contribution < 1.29 is 4.79 Å². The van der Waals surface area contributed by atoms with E-state index in [2.05, 4.69) is 4.98 Å². The molecular formula is C12H18N2O2. The van der Waals surface area contributed by atoms with Gasteiger partial charge in [0.25, 0.3) is 0 Å². The number of rotatable bonds is 5. The highest BCUT2D eigenvalue weighted by Crippen LogP contribution is 2.02. The number of carbonyl (C=O) groups is 1. The third kappa shape index (κ3) is 3.61. The molecule has 0 saturated heterocycles. The van der Waals surface area contributed by atoms with Crippen LogP contribution in [0.4, 0.5) is 0 Å². The van der Waals surface area contributed by atoms with E-state index in [1.54, 1.807) is 11.5 Å². The number of unbranched alkanes of at least 4 members (excludes halogenated alkanes) is 1. The normalized spacial score (nSPS) is 10.4. The van der Waals surface area contributed by atoms with E-state index < -0.39 is 0 Å². The molecule has 0 atom stereocenters. The zero-order valence-corrected chi connectivity index (χ0v) is 10.1. The maximum atomic E-state index is 11.6. The molecule has 0 fully saturated rings. The van der Waals surface area contributed by atoms with Crippen LogP contribution in [0.1, 0.15) is 37.6 Å². The standard InChI is InChI=1S/C12H18N2O2/c1-9-8-10(2)14(12(16)13-9)7-5-4-6-11(3)15/h8H,4-7H2,1-3H3. The van der Waals surface area contributed by atoms with Crippen molar-refractivity contribution in [3.8, 4) is 0 Å². The van der Waals surface area contributed by atoms with Crippen LogP contribution >= 0.6 is 0 Å². The smallest absolute Gasteiger partial charge is 0.300 e. The van der Waals surface area contributed by atoms with Gasteiger partial charge in [-0.3, -0.25) is 4.57 Å². The monoisotopic (exact) mass is 222 g/mol. The highest BCUT2D eigenvalue weighted by molar-refractivity contribution is 5.75. The summed E-state index contributed by atoms with van der Waals surface area (Å²) in [6.07, 6.45) is 2.26. The first kappa shape index (κ1) is 12.6. The van der Waals surface area contributed by atoms with E-state index in [0.29, 0.717) is 13.0 Å². The van der Waals surface area contributed by atoms with Crippen LogP contribution in [0.2, 0.25) is 0 Å². The predicted molar refractivity (Wildman–Crippen MR) is 62.5 cm³/mol. The largest absolute Gasteiger partial charge is 0.347 e. The molecule has 0 amide bonds. The fourth-order valence-electron chi connectivity index (χ4n) is 1.69. The lowest BCUT2D eigenvalue weighted by Gasteiger charge is -2.08. The summed E-state index contributed by atoms with van der Waals surface area (Å²) in [4.78, 5) is 26.2. The minimum absolute atomic E-state index is 0.194. The zero-order chi connectivity index (χ0) is 12.1. The molecule has 0 unspecified atom stereocenters. The second kappa shape index (κ2) is 5.58. The maximum absolute atomic E-state index is 11.6. The number of carbonyl (C=O) groups excluding carboxylic acids is 1. The molecule has 0 N–H and O–H groups in total. The molecule has 0 bridgehead atoms. The van der Waals surface area contributed by atoms with Crippen LogP contribution in [0, 0.1) is 13.8 Å². The Hall–Kier alpha value is -1.45. The summed E-state index contributed by atoms with van der Waals surface area (Å²) < 4.78 is 1.66. The summed E-state index contributed by atoms with van der Waals surface area (Å²) in [7, 11) is 0. The van der Waals surface area contributed by atoms with Gasteiger partial charge in [-0.05, 0) is 39.7 Å². The Morgan fingerprint density at radius 3 is 2.62 bits per heavy atom. The first-order valence-corrected chi connectivity index (χ1v) is 5.55. The summed E-state index contributed by atoms with van der Waals surface area (Å²) >= 11 is 0. The Kier molecular flexibility index (Phi) is 4.40. The molecule has 0 spiro atoms. The Morgan fingerprint density at radius 2 is 2.06 bits per heavy atom. The highest BCUT2D eigenvalue weighted by Gasteiger charge is 2.02. The van der Waals surface area contributed by atoms with Gasteiger partial charge in [-0.2, -0.15) is 4.98 Å². The van der Waals surface area contributed by atoms with Crippen LogP contribution in [0.3, 0.4) is 0 Å². The van der Waals surface area contributed by atoms with Gasteiger partial charge in [0.2, 0.25) is 0 Å². The summed E-state index contributed by atoms with van der Waals surface area (Å²) in [5, 5.41) is 0. The maximum Gasteiger partial charge on any atom is 0.347 e. The second-order valence-corrected chi connectivity index (χ2v) is 4.13. The first-order valence-electron chi connectivity index (χ1n) is 5.55. The molecule has 0 aromatic carbocycles. The SMILES string of the molecule is CC(=O)CCCCn1c(C)cc(C)nc1=O. The highest BCUT2D eigenvalue weighted by atomic mass is 16.1. The number of aromatic nitrogens is 2. The molecule has 4 nitrogen and oxygen atoms in total. The fraction of sp³-hybridized carbons (Fsp3) is 0.583. The van der Waals surface area contributed by atoms with E-state index in [0.717, 1.165) is 24.2 Å². The molecule has 0 saturated carbocycles. The van der Waals surface area contributed by atoms with Crippen molar-refractivity contribution in [2.75, 3.05) is 0 Å². The van der Waals surface area contributed by atoms with Gasteiger partial charge in [0.1, 0.15) is 5.78 Å². The van der Waals surface area contributed by atoms with Gasteiger partial charge in [0.15, 0.2) is 0 Å². The second-order valence-electron chi connectivity index (χ2n) is 4.13. The number of hydrogen-bond donors (Lipinski definition) is 0. The van der Waals surface area contributed by atoms with Crippen molar-refractivity contribution >= 4 is 5.78 Å². The Bertz CT molecular complexity index is 435. The van der Waals surface area contributed by atoms with E-state index in [1.807, 2.05) is 19.9 Å². The molecule has 4 heteroatoms. The van der Waals surface area contributed by atoms with Gasteiger partial charge in [0, 0.05) is 24.4 Å².